The number of benzene rings is 2. The number of nitrogens with one attached hydrogen (secondary N) is 1. The Morgan fingerprint density at radius 2 is 1.88 bits per heavy atom. The third-order valence-electron chi connectivity index (χ3n) is 5.66. The molecule has 34 heavy (non-hydrogen) atoms. The minimum absolute atomic E-state index is 0.147. The van der Waals surface area contributed by atoms with Crippen LogP contribution in [0.3, 0.4) is 0 Å². The van der Waals surface area contributed by atoms with Crippen LogP contribution in [-0.4, -0.2) is 39.8 Å². The Morgan fingerprint density at radius 3 is 2.53 bits per heavy atom. The number of imidazole rings is 1. The average molecular weight is 477 g/mol. The molecule has 7 nitrogen and oxygen atoms in total. The highest BCUT2D eigenvalue weighted by molar-refractivity contribution is 5.80. The van der Waals surface area contributed by atoms with E-state index in [1.807, 2.05) is 18.4 Å². The maximum atomic E-state index is 13.6. The summed E-state index contributed by atoms with van der Waals surface area (Å²) >= 11 is 0. The second kappa shape index (κ2) is 8.64. The van der Waals surface area contributed by atoms with Crippen LogP contribution in [0.1, 0.15) is 19.7 Å². The molecule has 0 bridgehead atoms. The van der Waals surface area contributed by atoms with Gasteiger partial charge in [0.15, 0.2) is 0 Å². The number of fused-ring (bicyclic) bond motifs is 1. The molecule has 4 rings (SSSR count). The molecule has 0 saturated carbocycles. The van der Waals surface area contributed by atoms with Gasteiger partial charge in [0.2, 0.25) is 5.91 Å². The Morgan fingerprint density at radius 1 is 1.18 bits per heavy atom. The zero-order chi connectivity index (χ0) is 24.7. The normalized spacial score (nSPS) is 15.1. The molecule has 0 saturated heterocycles. The molecule has 11 heteroatoms. The second-order valence-corrected chi connectivity index (χ2v) is 8.30. The number of carbonyl (C=O) groups is 1. The number of nitrogens with two attached hydrogens (primary N) is 1. The van der Waals surface area contributed by atoms with Crippen LogP contribution in [0, 0.1) is 5.82 Å². The zero-order valence-corrected chi connectivity index (χ0v) is 18.5. The number of anilines is 2. The first-order chi connectivity index (χ1) is 16.0. The summed E-state index contributed by atoms with van der Waals surface area (Å²) in [5.41, 5.74) is 6.17. The second-order valence-electron chi connectivity index (χ2n) is 8.30. The van der Waals surface area contributed by atoms with Gasteiger partial charge in [0, 0.05) is 30.4 Å². The van der Waals surface area contributed by atoms with Gasteiger partial charge in [-0.05, 0) is 50.2 Å². The number of carbonyl (C=O) groups excluding carboxylic acids is 1. The molecule has 1 aliphatic heterocycles. The predicted molar refractivity (Wildman–Crippen MR) is 118 cm³/mol. The van der Waals surface area contributed by atoms with Crippen molar-refractivity contribution in [1.82, 2.24) is 14.5 Å². The minimum Gasteiger partial charge on any atom is -0.406 e. The van der Waals surface area contributed by atoms with Crippen molar-refractivity contribution in [3.05, 3.63) is 60.2 Å². The molecule has 0 radical (unpaired) electrons. The van der Waals surface area contributed by atoms with Crippen molar-refractivity contribution in [2.75, 3.05) is 18.4 Å². The molecular formula is C23H23F4N5O2. The first-order valence-corrected chi connectivity index (χ1v) is 10.5. The fourth-order valence-electron chi connectivity index (χ4n) is 4.13. The number of amides is 1. The maximum absolute atomic E-state index is 13.6. The van der Waals surface area contributed by atoms with Gasteiger partial charge < -0.3 is 25.3 Å². The van der Waals surface area contributed by atoms with E-state index in [0.717, 1.165) is 0 Å². The number of halogens is 4. The van der Waals surface area contributed by atoms with Crippen LogP contribution in [0.5, 0.6) is 5.75 Å². The van der Waals surface area contributed by atoms with Gasteiger partial charge in [-0.25, -0.2) is 9.37 Å². The molecular weight excluding hydrogens is 454 g/mol. The summed E-state index contributed by atoms with van der Waals surface area (Å²) in [4.78, 5) is 18.9. The fraction of sp³-hybridized carbons (Fsp3) is 0.304. The number of rotatable bonds is 5. The highest BCUT2D eigenvalue weighted by atomic mass is 19.4. The predicted octanol–water partition coefficient (Wildman–Crippen LogP) is 4.37. The third kappa shape index (κ3) is 4.56. The largest absolute Gasteiger partial charge is 0.573 e. The molecule has 3 N–H and O–H groups in total. The summed E-state index contributed by atoms with van der Waals surface area (Å²) in [7, 11) is 0. The fourth-order valence-corrected chi connectivity index (χ4v) is 4.13. The van der Waals surface area contributed by atoms with Crippen molar-refractivity contribution in [1.29, 1.82) is 0 Å². The molecule has 0 atom stereocenters. The van der Waals surface area contributed by atoms with Crippen LogP contribution < -0.4 is 15.8 Å². The van der Waals surface area contributed by atoms with E-state index in [0.29, 0.717) is 41.7 Å². The van der Waals surface area contributed by atoms with Crippen LogP contribution in [0.25, 0.3) is 11.3 Å². The number of alkyl halides is 3. The standard InChI is InChI=1S/C23H23F4N5O2/c1-22(2)21-30-19(14-6-8-15(24)9-7-14)20(31(21)10-11-32(22)18(33)13-28)29-16-4-3-5-17(12-16)34-23(25,26)27/h3-9,12,29H,10-11,13,28H2,1-2H3. The van der Waals surface area contributed by atoms with Gasteiger partial charge >= 0.3 is 6.36 Å². The van der Waals surface area contributed by atoms with Gasteiger partial charge in [-0.3, -0.25) is 4.79 Å². The lowest BCUT2D eigenvalue weighted by atomic mass is 9.99. The molecule has 3 aromatic rings. The molecule has 1 aromatic heterocycles. The number of hydrogen-bond acceptors (Lipinski definition) is 5. The zero-order valence-electron chi connectivity index (χ0n) is 18.5. The summed E-state index contributed by atoms with van der Waals surface area (Å²) < 4.78 is 57.5. The number of aromatic nitrogens is 2. The lowest BCUT2D eigenvalue weighted by molar-refractivity contribution is -0.274. The van der Waals surface area contributed by atoms with E-state index >= 15 is 0 Å². The Bertz CT molecular complexity index is 1210. The summed E-state index contributed by atoms with van der Waals surface area (Å²) in [6.07, 6.45) is -4.82. The molecule has 0 aliphatic carbocycles. The molecule has 2 aromatic carbocycles. The van der Waals surface area contributed by atoms with Crippen molar-refractivity contribution in [3.8, 4) is 17.0 Å². The Hall–Kier alpha value is -3.60. The molecule has 180 valence electrons. The van der Waals surface area contributed by atoms with Crippen LogP contribution in [0.15, 0.2) is 48.5 Å². The third-order valence-corrected chi connectivity index (χ3v) is 5.66. The first-order valence-electron chi connectivity index (χ1n) is 10.5. The monoisotopic (exact) mass is 477 g/mol. The first kappa shape index (κ1) is 23.6. The van der Waals surface area contributed by atoms with Crippen LogP contribution in [-0.2, 0) is 16.9 Å². The average Bonchev–Trinajstić information content (AvgIpc) is 3.12. The highest BCUT2D eigenvalue weighted by Crippen LogP contribution is 2.40. The number of hydrogen-bond donors (Lipinski definition) is 2. The van der Waals surface area contributed by atoms with Gasteiger partial charge in [0.05, 0.1) is 12.1 Å². The quantitative estimate of drug-likeness (QED) is 0.533. The van der Waals surface area contributed by atoms with Gasteiger partial charge in [0.25, 0.3) is 0 Å². The van der Waals surface area contributed by atoms with Crippen molar-refractivity contribution < 1.29 is 27.1 Å². The smallest absolute Gasteiger partial charge is 0.406 e. The number of nitrogens with zero attached hydrogens (tertiary/aromatic N) is 3. The van der Waals surface area contributed by atoms with E-state index in [-0.39, 0.29) is 18.2 Å². The molecule has 0 unspecified atom stereocenters. The summed E-state index contributed by atoms with van der Waals surface area (Å²) in [5, 5.41) is 3.15. The van der Waals surface area contributed by atoms with Crippen molar-refractivity contribution in [3.63, 3.8) is 0 Å². The minimum atomic E-state index is -4.82. The van der Waals surface area contributed by atoms with Gasteiger partial charge in [0.1, 0.15) is 28.9 Å². The summed E-state index contributed by atoms with van der Waals surface area (Å²) in [5.74, 6) is 0.0383. The van der Waals surface area contributed by atoms with E-state index in [2.05, 4.69) is 10.1 Å². The molecule has 2 heterocycles. The van der Waals surface area contributed by atoms with Crippen molar-refractivity contribution in [2.45, 2.75) is 32.3 Å². The lowest BCUT2D eigenvalue weighted by Crippen LogP contribution is -2.53. The van der Waals surface area contributed by atoms with Gasteiger partial charge in [-0.2, -0.15) is 0 Å². The molecule has 1 amide bonds. The SMILES string of the molecule is CC1(C)c2nc(-c3ccc(F)cc3)c(Nc3cccc(OC(F)(F)F)c3)n2CCN1C(=O)CN. The van der Waals surface area contributed by atoms with E-state index in [4.69, 9.17) is 10.7 Å². The van der Waals surface area contributed by atoms with Crippen molar-refractivity contribution in [2.24, 2.45) is 5.73 Å². The maximum Gasteiger partial charge on any atom is 0.573 e. The Labute approximate surface area is 193 Å². The van der Waals surface area contributed by atoms with E-state index in [1.165, 1.54) is 30.3 Å². The van der Waals surface area contributed by atoms with E-state index in [9.17, 15) is 22.4 Å². The highest BCUT2D eigenvalue weighted by Gasteiger charge is 2.41. The summed E-state index contributed by atoms with van der Waals surface area (Å²) in [6, 6.07) is 11.2. The lowest BCUT2D eigenvalue weighted by Gasteiger charge is -2.42. The molecule has 0 fully saturated rings. The van der Waals surface area contributed by atoms with Crippen molar-refractivity contribution >= 4 is 17.4 Å². The van der Waals surface area contributed by atoms with E-state index in [1.54, 1.807) is 23.1 Å². The van der Waals surface area contributed by atoms with Gasteiger partial charge in [-0.15, -0.1) is 13.2 Å². The van der Waals surface area contributed by atoms with E-state index < -0.39 is 17.7 Å². The van der Waals surface area contributed by atoms with Crippen LogP contribution >= 0.6 is 0 Å². The number of ether oxygens (including phenoxy) is 1. The molecule has 0 spiro atoms. The summed E-state index contributed by atoms with van der Waals surface area (Å²) in [6.45, 7) is 4.27. The van der Waals surface area contributed by atoms with Gasteiger partial charge in [-0.1, -0.05) is 6.07 Å². The molecule has 1 aliphatic rings. The Kier molecular flexibility index (Phi) is 5.98. The van der Waals surface area contributed by atoms with Crippen LogP contribution in [0.4, 0.5) is 29.1 Å². The topological polar surface area (TPSA) is 85.4 Å². The van der Waals surface area contributed by atoms with Crippen LogP contribution in [0.2, 0.25) is 0 Å². The Balaban J connectivity index is 1.81.